The van der Waals surface area contributed by atoms with Gasteiger partial charge in [-0.25, -0.2) is 0 Å². The molecule has 0 aliphatic carbocycles. The Kier molecular flexibility index (Phi) is 2.36. The number of anilines is 2. The minimum absolute atomic E-state index is 0.620. The molecule has 0 spiro atoms. The average Bonchev–Trinajstić information content (AvgIpc) is 2.48. The second-order valence-electron chi connectivity index (χ2n) is 4.24. The van der Waals surface area contributed by atoms with Gasteiger partial charge in [0.05, 0.1) is 11.4 Å². The van der Waals surface area contributed by atoms with E-state index in [1.807, 2.05) is 12.1 Å². The van der Waals surface area contributed by atoms with Gasteiger partial charge in [-0.3, -0.25) is 0 Å². The summed E-state index contributed by atoms with van der Waals surface area (Å²) < 4.78 is 0. The van der Waals surface area contributed by atoms with Crippen LogP contribution in [0.2, 0.25) is 0 Å². The van der Waals surface area contributed by atoms with Crippen molar-refractivity contribution in [3.8, 4) is 0 Å². The van der Waals surface area contributed by atoms with Crippen LogP contribution in [0.1, 0.15) is 26.7 Å². The number of nitrogen functional groups attached to an aromatic ring is 1. The molecular weight excluding hydrogens is 172 g/mol. The molecule has 1 saturated heterocycles. The fourth-order valence-corrected chi connectivity index (χ4v) is 2.39. The molecule has 0 saturated carbocycles. The Morgan fingerprint density at radius 3 is 2.29 bits per heavy atom. The molecule has 2 unspecified atom stereocenters. The van der Waals surface area contributed by atoms with Crippen LogP contribution >= 0.6 is 0 Å². The maximum atomic E-state index is 5.98. The van der Waals surface area contributed by atoms with Gasteiger partial charge < -0.3 is 10.6 Å². The molecule has 1 aromatic carbocycles. The monoisotopic (exact) mass is 190 g/mol. The first-order valence-electron chi connectivity index (χ1n) is 5.33. The Morgan fingerprint density at radius 1 is 1.14 bits per heavy atom. The lowest BCUT2D eigenvalue weighted by atomic mass is 10.2. The molecule has 1 heterocycles. The summed E-state index contributed by atoms with van der Waals surface area (Å²) in [6.07, 6.45) is 2.55. The van der Waals surface area contributed by atoms with Gasteiger partial charge in [-0.1, -0.05) is 12.1 Å². The third kappa shape index (κ3) is 1.45. The van der Waals surface area contributed by atoms with Crippen molar-refractivity contribution < 1.29 is 0 Å². The van der Waals surface area contributed by atoms with E-state index in [0.29, 0.717) is 12.1 Å². The van der Waals surface area contributed by atoms with Crippen molar-refractivity contribution in [3.05, 3.63) is 24.3 Å². The summed E-state index contributed by atoms with van der Waals surface area (Å²) in [5.74, 6) is 0. The van der Waals surface area contributed by atoms with Crippen LogP contribution in [0.4, 0.5) is 11.4 Å². The summed E-state index contributed by atoms with van der Waals surface area (Å²) >= 11 is 0. The first kappa shape index (κ1) is 9.38. The highest BCUT2D eigenvalue weighted by Crippen LogP contribution is 2.33. The van der Waals surface area contributed by atoms with Crippen molar-refractivity contribution in [3.63, 3.8) is 0 Å². The summed E-state index contributed by atoms with van der Waals surface area (Å²) in [7, 11) is 0. The lowest BCUT2D eigenvalue weighted by Crippen LogP contribution is -2.33. The zero-order valence-electron chi connectivity index (χ0n) is 8.90. The molecule has 2 atom stereocenters. The van der Waals surface area contributed by atoms with E-state index >= 15 is 0 Å². The first-order valence-corrected chi connectivity index (χ1v) is 5.33. The van der Waals surface area contributed by atoms with E-state index < -0.39 is 0 Å². The van der Waals surface area contributed by atoms with Crippen LogP contribution < -0.4 is 10.6 Å². The number of benzene rings is 1. The molecule has 0 bridgehead atoms. The van der Waals surface area contributed by atoms with Gasteiger partial charge in [0.25, 0.3) is 0 Å². The molecule has 1 aromatic rings. The van der Waals surface area contributed by atoms with E-state index in [2.05, 4.69) is 30.9 Å². The highest BCUT2D eigenvalue weighted by Gasteiger charge is 2.28. The Labute approximate surface area is 85.7 Å². The lowest BCUT2D eigenvalue weighted by Gasteiger charge is -2.29. The second-order valence-corrected chi connectivity index (χ2v) is 4.24. The van der Waals surface area contributed by atoms with Gasteiger partial charge in [0.1, 0.15) is 0 Å². The third-order valence-electron chi connectivity index (χ3n) is 3.17. The van der Waals surface area contributed by atoms with Crippen LogP contribution in [-0.2, 0) is 0 Å². The molecule has 76 valence electrons. The van der Waals surface area contributed by atoms with Gasteiger partial charge in [0.15, 0.2) is 0 Å². The number of nitrogens with two attached hydrogens (primary N) is 1. The predicted octanol–water partition coefficient (Wildman–Crippen LogP) is 2.65. The second kappa shape index (κ2) is 3.52. The largest absolute Gasteiger partial charge is 0.397 e. The van der Waals surface area contributed by atoms with Crippen molar-refractivity contribution >= 4 is 11.4 Å². The molecule has 14 heavy (non-hydrogen) atoms. The SMILES string of the molecule is CC1CCC(C)N1c1ccccc1N. The van der Waals surface area contributed by atoms with E-state index in [9.17, 15) is 0 Å². The topological polar surface area (TPSA) is 29.3 Å². The molecule has 0 aromatic heterocycles. The first-order chi connectivity index (χ1) is 6.70. The van der Waals surface area contributed by atoms with Crippen molar-refractivity contribution in [2.24, 2.45) is 0 Å². The van der Waals surface area contributed by atoms with Gasteiger partial charge >= 0.3 is 0 Å². The minimum atomic E-state index is 0.620. The molecule has 0 radical (unpaired) electrons. The highest BCUT2D eigenvalue weighted by atomic mass is 15.2. The number of hydrogen-bond donors (Lipinski definition) is 1. The molecule has 2 nitrogen and oxygen atoms in total. The van der Waals surface area contributed by atoms with Gasteiger partial charge in [-0.15, -0.1) is 0 Å². The van der Waals surface area contributed by atoms with Crippen molar-refractivity contribution in [1.29, 1.82) is 0 Å². The lowest BCUT2D eigenvalue weighted by molar-refractivity contribution is 0.695. The van der Waals surface area contributed by atoms with Crippen molar-refractivity contribution in [1.82, 2.24) is 0 Å². The molecule has 1 fully saturated rings. The normalized spacial score (nSPS) is 26.9. The smallest absolute Gasteiger partial charge is 0.0604 e. The summed E-state index contributed by atoms with van der Waals surface area (Å²) in [4.78, 5) is 2.44. The molecule has 2 rings (SSSR count). The molecule has 2 N–H and O–H groups in total. The Morgan fingerprint density at radius 2 is 1.71 bits per heavy atom. The fraction of sp³-hybridized carbons (Fsp3) is 0.500. The Balaban J connectivity index is 2.34. The Bertz CT molecular complexity index is 312. The molecule has 2 heteroatoms. The maximum Gasteiger partial charge on any atom is 0.0604 e. The number of hydrogen-bond acceptors (Lipinski definition) is 2. The predicted molar refractivity (Wildman–Crippen MR) is 61.5 cm³/mol. The zero-order valence-corrected chi connectivity index (χ0v) is 8.90. The van der Waals surface area contributed by atoms with Gasteiger partial charge in [-0.05, 0) is 38.8 Å². The summed E-state index contributed by atoms with van der Waals surface area (Å²) in [5, 5.41) is 0. The highest BCUT2D eigenvalue weighted by molar-refractivity contribution is 5.68. The maximum absolute atomic E-state index is 5.98. The van der Waals surface area contributed by atoms with Crippen LogP contribution in [0.5, 0.6) is 0 Å². The number of nitrogens with zero attached hydrogens (tertiary/aromatic N) is 1. The average molecular weight is 190 g/mol. The molecule has 1 aliphatic heterocycles. The fourth-order valence-electron chi connectivity index (χ4n) is 2.39. The van der Waals surface area contributed by atoms with E-state index in [4.69, 9.17) is 5.73 Å². The van der Waals surface area contributed by atoms with Crippen LogP contribution in [0, 0.1) is 0 Å². The van der Waals surface area contributed by atoms with Crippen LogP contribution in [0.25, 0.3) is 0 Å². The van der Waals surface area contributed by atoms with Crippen LogP contribution in [0.15, 0.2) is 24.3 Å². The quantitative estimate of drug-likeness (QED) is 0.690. The van der Waals surface area contributed by atoms with Crippen molar-refractivity contribution in [2.45, 2.75) is 38.8 Å². The minimum Gasteiger partial charge on any atom is -0.397 e. The van der Waals surface area contributed by atoms with E-state index in [1.165, 1.54) is 18.5 Å². The molecule has 0 amide bonds. The summed E-state index contributed by atoms with van der Waals surface area (Å²) in [6, 6.07) is 9.39. The van der Waals surface area contributed by atoms with E-state index in [-0.39, 0.29) is 0 Å². The van der Waals surface area contributed by atoms with Crippen molar-refractivity contribution in [2.75, 3.05) is 10.6 Å². The molecule has 1 aliphatic rings. The summed E-state index contributed by atoms with van der Waals surface area (Å²) in [6.45, 7) is 4.55. The van der Waals surface area contributed by atoms with E-state index in [1.54, 1.807) is 0 Å². The van der Waals surface area contributed by atoms with E-state index in [0.717, 1.165) is 5.69 Å². The van der Waals surface area contributed by atoms with Gasteiger partial charge in [0.2, 0.25) is 0 Å². The van der Waals surface area contributed by atoms with Crippen LogP contribution in [0.3, 0.4) is 0 Å². The summed E-state index contributed by atoms with van der Waals surface area (Å²) in [5.41, 5.74) is 8.08. The number of para-hydroxylation sites is 2. The Hall–Kier alpha value is -1.18. The van der Waals surface area contributed by atoms with Gasteiger partial charge in [-0.2, -0.15) is 0 Å². The van der Waals surface area contributed by atoms with Gasteiger partial charge in [0, 0.05) is 12.1 Å². The van der Waals surface area contributed by atoms with Crippen LogP contribution in [-0.4, -0.2) is 12.1 Å². The standard InChI is InChI=1S/C12H18N2/c1-9-7-8-10(2)14(9)12-6-4-3-5-11(12)13/h3-6,9-10H,7-8,13H2,1-2H3. The molecular formula is C12H18N2. The number of rotatable bonds is 1. The third-order valence-corrected chi connectivity index (χ3v) is 3.17. The zero-order chi connectivity index (χ0) is 10.1.